The van der Waals surface area contributed by atoms with Crippen molar-refractivity contribution in [1.29, 1.82) is 0 Å². The molecule has 0 spiro atoms. The molecule has 1 fully saturated rings. The average molecular weight is 311 g/mol. The Morgan fingerprint density at radius 2 is 1.61 bits per heavy atom. The molecule has 0 unspecified atom stereocenters. The van der Waals surface area contributed by atoms with E-state index < -0.39 is 0 Å². The maximum absolute atomic E-state index is 5.43. The zero-order valence-electron chi connectivity index (χ0n) is 14.3. The zero-order valence-corrected chi connectivity index (χ0v) is 14.3. The highest BCUT2D eigenvalue weighted by molar-refractivity contribution is 5.68. The third-order valence-corrected chi connectivity index (χ3v) is 4.46. The fourth-order valence-corrected chi connectivity index (χ4v) is 3.34. The number of nitrogens with zero attached hydrogens (tertiary/aromatic N) is 1. The molecule has 2 aromatic carbocycles. The molecule has 0 amide bonds. The van der Waals surface area contributed by atoms with Gasteiger partial charge in [-0.15, -0.1) is 0 Å². The molecule has 0 aromatic heterocycles. The van der Waals surface area contributed by atoms with Gasteiger partial charge >= 0.3 is 0 Å². The predicted octanol–water partition coefficient (Wildman–Crippen LogP) is 4.28. The summed E-state index contributed by atoms with van der Waals surface area (Å²) in [6.07, 6.45) is 2.66. The Morgan fingerprint density at radius 1 is 0.870 bits per heavy atom. The fourth-order valence-electron chi connectivity index (χ4n) is 3.34. The molecule has 1 aliphatic rings. The first kappa shape index (κ1) is 15.9. The molecule has 0 radical (unpaired) electrons. The number of methoxy groups -OCH3 is 2. The number of likely N-dealkylation sites (tertiary alicyclic amines) is 1. The van der Waals surface area contributed by atoms with Crippen LogP contribution in [0.5, 0.6) is 11.5 Å². The van der Waals surface area contributed by atoms with E-state index in [1.54, 1.807) is 14.2 Å². The zero-order chi connectivity index (χ0) is 16.2. The minimum Gasteiger partial charge on any atom is -0.493 e. The number of hydrogen-bond donors (Lipinski definition) is 0. The summed E-state index contributed by atoms with van der Waals surface area (Å²) in [6, 6.07) is 12.9. The number of ether oxygens (including phenoxy) is 2. The van der Waals surface area contributed by atoms with Gasteiger partial charge in [0, 0.05) is 6.54 Å². The minimum atomic E-state index is 0.765. The van der Waals surface area contributed by atoms with E-state index in [4.69, 9.17) is 9.47 Å². The van der Waals surface area contributed by atoms with Crippen molar-refractivity contribution in [1.82, 2.24) is 4.90 Å². The fraction of sp³-hybridized carbons (Fsp3) is 0.400. The van der Waals surface area contributed by atoms with Crippen LogP contribution in [0.4, 0.5) is 0 Å². The Balaban J connectivity index is 1.91. The molecule has 0 saturated carbocycles. The van der Waals surface area contributed by atoms with Crippen LogP contribution in [0, 0.1) is 6.92 Å². The lowest BCUT2D eigenvalue weighted by Crippen LogP contribution is -2.18. The van der Waals surface area contributed by atoms with E-state index in [0.29, 0.717) is 0 Å². The van der Waals surface area contributed by atoms with Gasteiger partial charge in [-0.1, -0.05) is 23.8 Å². The summed E-state index contributed by atoms with van der Waals surface area (Å²) >= 11 is 0. The quantitative estimate of drug-likeness (QED) is 0.823. The normalized spacial score (nSPS) is 14.9. The summed E-state index contributed by atoms with van der Waals surface area (Å²) in [5.74, 6) is 1.54. The van der Waals surface area contributed by atoms with Crippen molar-refractivity contribution in [2.24, 2.45) is 0 Å². The van der Waals surface area contributed by atoms with Gasteiger partial charge in [-0.25, -0.2) is 0 Å². The van der Waals surface area contributed by atoms with Crippen LogP contribution in [-0.4, -0.2) is 32.2 Å². The summed E-state index contributed by atoms with van der Waals surface area (Å²) in [5.41, 5.74) is 5.08. The number of benzene rings is 2. The van der Waals surface area contributed by atoms with Crippen molar-refractivity contribution in [3.8, 4) is 22.6 Å². The second-order valence-corrected chi connectivity index (χ2v) is 6.26. The van der Waals surface area contributed by atoms with Crippen molar-refractivity contribution in [2.75, 3.05) is 27.3 Å². The Kier molecular flexibility index (Phi) is 4.87. The van der Waals surface area contributed by atoms with Crippen LogP contribution in [0.15, 0.2) is 36.4 Å². The molecule has 3 rings (SSSR count). The predicted molar refractivity (Wildman–Crippen MR) is 94.2 cm³/mol. The van der Waals surface area contributed by atoms with E-state index >= 15 is 0 Å². The Morgan fingerprint density at radius 3 is 2.30 bits per heavy atom. The van der Waals surface area contributed by atoms with Gasteiger partial charge in [-0.3, -0.25) is 4.90 Å². The number of rotatable bonds is 5. The van der Waals surface area contributed by atoms with E-state index in [1.165, 1.54) is 42.6 Å². The van der Waals surface area contributed by atoms with Crippen molar-refractivity contribution >= 4 is 0 Å². The van der Waals surface area contributed by atoms with Crippen LogP contribution in [0.3, 0.4) is 0 Å². The lowest BCUT2D eigenvalue weighted by molar-refractivity contribution is 0.331. The molecule has 1 aliphatic heterocycles. The standard InChI is InChI=1S/C20H25NO2/c1-15-10-16(14-21-8-4-5-9-21)12-18(11-15)17-6-7-19(22-2)20(13-17)23-3/h6-7,10-13H,4-5,8-9,14H2,1-3H3. The summed E-state index contributed by atoms with van der Waals surface area (Å²) in [5, 5.41) is 0. The van der Waals surface area contributed by atoms with Gasteiger partial charge in [-0.05, 0) is 67.7 Å². The summed E-state index contributed by atoms with van der Waals surface area (Å²) in [6.45, 7) is 5.65. The molecular weight excluding hydrogens is 286 g/mol. The van der Waals surface area contributed by atoms with E-state index in [1.807, 2.05) is 12.1 Å². The summed E-state index contributed by atoms with van der Waals surface area (Å²) in [4.78, 5) is 2.53. The average Bonchev–Trinajstić information content (AvgIpc) is 3.06. The second-order valence-electron chi connectivity index (χ2n) is 6.26. The molecule has 23 heavy (non-hydrogen) atoms. The van der Waals surface area contributed by atoms with Crippen molar-refractivity contribution in [3.63, 3.8) is 0 Å². The third kappa shape index (κ3) is 3.67. The van der Waals surface area contributed by atoms with Gasteiger partial charge < -0.3 is 9.47 Å². The minimum absolute atomic E-state index is 0.765. The molecule has 122 valence electrons. The number of hydrogen-bond acceptors (Lipinski definition) is 3. The van der Waals surface area contributed by atoms with Crippen LogP contribution in [-0.2, 0) is 6.54 Å². The van der Waals surface area contributed by atoms with Crippen molar-refractivity contribution < 1.29 is 9.47 Å². The molecule has 0 bridgehead atoms. The van der Waals surface area contributed by atoms with E-state index in [9.17, 15) is 0 Å². The molecule has 3 nitrogen and oxygen atoms in total. The smallest absolute Gasteiger partial charge is 0.161 e. The van der Waals surface area contributed by atoms with Gasteiger partial charge in [0.25, 0.3) is 0 Å². The molecule has 1 saturated heterocycles. The molecule has 1 heterocycles. The number of aryl methyl sites for hydroxylation is 1. The van der Waals surface area contributed by atoms with E-state index in [0.717, 1.165) is 23.6 Å². The first-order chi connectivity index (χ1) is 11.2. The lowest BCUT2D eigenvalue weighted by Gasteiger charge is -2.16. The maximum atomic E-state index is 5.43. The largest absolute Gasteiger partial charge is 0.493 e. The van der Waals surface area contributed by atoms with Gasteiger partial charge in [0.2, 0.25) is 0 Å². The SMILES string of the molecule is COc1ccc(-c2cc(C)cc(CN3CCCC3)c2)cc1OC. The second kappa shape index (κ2) is 7.05. The van der Waals surface area contributed by atoms with Crippen LogP contribution in [0.2, 0.25) is 0 Å². The highest BCUT2D eigenvalue weighted by Crippen LogP contribution is 2.33. The molecule has 0 aliphatic carbocycles. The van der Waals surface area contributed by atoms with E-state index in [-0.39, 0.29) is 0 Å². The van der Waals surface area contributed by atoms with Gasteiger partial charge in [0.1, 0.15) is 0 Å². The van der Waals surface area contributed by atoms with Gasteiger partial charge in [0.15, 0.2) is 11.5 Å². The maximum Gasteiger partial charge on any atom is 0.161 e. The van der Waals surface area contributed by atoms with Crippen LogP contribution >= 0.6 is 0 Å². The monoisotopic (exact) mass is 311 g/mol. The van der Waals surface area contributed by atoms with Crippen LogP contribution in [0.25, 0.3) is 11.1 Å². The topological polar surface area (TPSA) is 21.7 Å². The Bertz CT molecular complexity index is 675. The molecule has 2 aromatic rings. The van der Waals surface area contributed by atoms with Gasteiger partial charge in [-0.2, -0.15) is 0 Å². The van der Waals surface area contributed by atoms with Crippen LogP contribution < -0.4 is 9.47 Å². The first-order valence-electron chi connectivity index (χ1n) is 8.25. The molecule has 0 N–H and O–H groups in total. The van der Waals surface area contributed by atoms with Crippen LogP contribution in [0.1, 0.15) is 24.0 Å². The molecular formula is C20H25NO2. The first-order valence-corrected chi connectivity index (χ1v) is 8.25. The Labute approximate surface area is 138 Å². The van der Waals surface area contributed by atoms with Crippen molar-refractivity contribution in [2.45, 2.75) is 26.3 Å². The molecule has 0 atom stereocenters. The highest BCUT2D eigenvalue weighted by Gasteiger charge is 2.13. The van der Waals surface area contributed by atoms with E-state index in [2.05, 4.69) is 36.1 Å². The Hall–Kier alpha value is -2.00. The highest BCUT2D eigenvalue weighted by atomic mass is 16.5. The summed E-state index contributed by atoms with van der Waals surface area (Å²) < 4.78 is 10.8. The third-order valence-electron chi connectivity index (χ3n) is 4.46. The molecule has 3 heteroatoms. The lowest BCUT2D eigenvalue weighted by atomic mass is 9.99. The van der Waals surface area contributed by atoms with Gasteiger partial charge in [0.05, 0.1) is 14.2 Å². The summed E-state index contributed by atoms with van der Waals surface area (Å²) in [7, 11) is 3.34. The van der Waals surface area contributed by atoms with Crippen molar-refractivity contribution in [3.05, 3.63) is 47.5 Å².